The Kier molecular flexibility index (Phi) is 3.80. The van der Waals surface area contributed by atoms with Crippen molar-refractivity contribution in [2.75, 3.05) is 0 Å². The summed E-state index contributed by atoms with van der Waals surface area (Å²) in [4.78, 5) is 22.1. The molecule has 0 unspecified atom stereocenters. The lowest BCUT2D eigenvalue weighted by Gasteiger charge is -2.43. The zero-order chi connectivity index (χ0) is 14.0. The number of benzene rings is 1. The molecule has 0 radical (unpaired) electrons. The molecule has 0 saturated heterocycles. The van der Waals surface area contributed by atoms with Crippen molar-refractivity contribution in [1.29, 1.82) is 0 Å². The van der Waals surface area contributed by atoms with Crippen LogP contribution in [-0.2, 0) is 15.0 Å². The molecular weight excluding hydrogens is 268 g/mol. The molecule has 1 fully saturated rings. The van der Waals surface area contributed by atoms with Gasteiger partial charge in [0, 0.05) is 5.02 Å². The summed E-state index contributed by atoms with van der Waals surface area (Å²) in [5, 5.41) is 18.6. The molecule has 0 bridgehead atoms. The van der Waals surface area contributed by atoms with Crippen molar-refractivity contribution in [3.63, 3.8) is 0 Å². The van der Waals surface area contributed by atoms with E-state index in [0.717, 1.165) is 24.8 Å². The van der Waals surface area contributed by atoms with Gasteiger partial charge in [-0.25, -0.2) is 0 Å². The Labute approximate surface area is 116 Å². The lowest BCUT2D eigenvalue weighted by atomic mass is 9.60. The minimum Gasteiger partial charge on any atom is -0.481 e. The van der Waals surface area contributed by atoms with Gasteiger partial charge in [0.1, 0.15) is 0 Å². The fraction of sp³-hybridized carbons (Fsp3) is 0.429. The second-order valence-electron chi connectivity index (χ2n) is 5.08. The van der Waals surface area contributed by atoms with Crippen molar-refractivity contribution in [2.24, 2.45) is 5.92 Å². The number of halogens is 1. The summed E-state index contributed by atoms with van der Waals surface area (Å²) in [6, 6.07) is 7.27. The van der Waals surface area contributed by atoms with Crippen LogP contribution in [-0.4, -0.2) is 22.2 Å². The Balaban J connectivity index is 2.28. The summed E-state index contributed by atoms with van der Waals surface area (Å²) in [6.07, 6.45) is 2.73. The van der Waals surface area contributed by atoms with E-state index in [4.69, 9.17) is 21.8 Å². The highest BCUT2D eigenvalue weighted by molar-refractivity contribution is 6.30. The quantitative estimate of drug-likeness (QED) is 0.814. The van der Waals surface area contributed by atoms with E-state index in [1.165, 1.54) is 0 Å². The topological polar surface area (TPSA) is 74.6 Å². The van der Waals surface area contributed by atoms with Crippen molar-refractivity contribution in [3.8, 4) is 0 Å². The molecule has 0 aliphatic heterocycles. The zero-order valence-corrected chi connectivity index (χ0v) is 11.1. The number of rotatable bonds is 5. The molecule has 19 heavy (non-hydrogen) atoms. The minimum absolute atomic E-state index is 0.123. The number of hydrogen-bond donors (Lipinski definition) is 2. The average Bonchev–Trinajstić information content (AvgIpc) is 2.26. The van der Waals surface area contributed by atoms with Crippen molar-refractivity contribution in [1.82, 2.24) is 0 Å². The Bertz CT molecular complexity index is 494. The summed E-state index contributed by atoms with van der Waals surface area (Å²) in [5.74, 6) is -3.92. The first-order chi connectivity index (χ1) is 8.94. The van der Waals surface area contributed by atoms with E-state index >= 15 is 0 Å². The van der Waals surface area contributed by atoms with Crippen LogP contribution in [0.15, 0.2) is 24.3 Å². The van der Waals surface area contributed by atoms with Crippen LogP contribution in [0.1, 0.15) is 31.2 Å². The monoisotopic (exact) mass is 282 g/mol. The van der Waals surface area contributed by atoms with E-state index in [1.54, 1.807) is 6.07 Å². The maximum atomic E-state index is 11.1. The van der Waals surface area contributed by atoms with Crippen molar-refractivity contribution >= 4 is 23.5 Å². The van der Waals surface area contributed by atoms with Gasteiger partial charge in [0.15, 0.2) is 5.92 Å². The lowest BCUT2D eigenvalue weighted by Crippen LogP contribution is -2.40. The van der Waals surface area contributed by atoms with Gasteiger partial charge >= 0.3 is 11.9 Å². The van der Waals surface area contributed by atoms with Crippen LogP contribution in [0.4, 0.5) is 0 Å². The Morgan fingerprint density at radius 2 is 1.89 bits per heavy atom. The van der Waals surface area contributed by atoms with Gasteiger partial charge in [-0.05, 0) is 42.4 Å². The van der Waals surface area contributed by atoms with Crippen LogP contribution in [0.5, 0.6) is 0 Å². The van der Waals surface area contributed by atoms with Crippen molar-refractivity contribution < 1.29 is 19.8 Å². The molecule has 5 heteroatoms. The molecule has 0 aromatic heterocycles. The predicted octanol–water partition coefficient (Wildman–Crippen LogP) is 2.94. The number of aliphatic carboxylic acids is 2. The van der Waals surface area contributed by atoms with Crippen LogP contribution in [0.2, 0.25) is 5.02 Å². The summed E-state index contributed by atoms with van der Waals surface area (Å²) >= 11 is 5.96. The molecular formula is C14H15ClO4. The average molecular weight is 283 g/mol. The summed E-state index contributed by atoms with van der Waals surface area (Å²) in [6.45, 7) is 0. The SMILES string of the molecule is O=C(O)C(CC1(c2cccc(Cl)c2)CCC1)C(=O)O. The molecule has 4 nitrogen and oxygen atoms in total. The highest BCUT2D eigenvalue weighted by Crippen LogP contribution is 2.48. The molecule has 1 aromatic rings. The van der Waals surface area contributed by atoms with E-state index in [2.05, 4.69) is 0 Å². The van der Waals surface area contributed by atoms with Gasteiger partial charge in [-0.1, -0.05) is 30.2 Å². The molecule has 1 aliphatic carbocycles. The molecule has 1 aliphatic rings. The first-order valence-corrected chi connectivity index (χ1v) is 6.54. The molecule has 0 amide bonds. The molecule has 102 valence electrons. The summed E-state index contributed by atoms with van der Waals surface area (Å²) < 4.78 is 0. The molecule has 0 spiro atoms. The number of carboxylic acids is 2. The first kappa shape index (κ1) is 13.9. The van der Waals surface area contributed by atoms with Gasteiger partial charge in [0.2, 0.25) is 0 Å². The Hall–Kier alpha value is -1.55. The summed E-state index contributed by atoms with van der Waals surface area (Å²) in [5.41, 5.74) is 0.588. The van der Waals surface area contributed by atoms with Crippen molar-refractivity contribution in [2.45, 2.75) is 31.1 Å². The third kappa shape index (κ3) is 2.73. The van der Waals surface area contributed by atoms with Crippen LogP contribution in [0, 0.1) is 5.92 Å². The van der Waals surface area contributed by atoms with E-state index in [1.807, 2.05) is 18.2 Å². The first-order valence-electron chi connectivity index (χ1n) is 6.16. The normalized spacial score (nSPS) is 16.9. The van der Waals surface area contributed by atoms with Crippen molar-refractivity contribution in [3.05, 3.63) is 34.9 Å². The number of carbonyl (C=O) groups is 2. The van der Waals surface area contributed by atoms with E-state index in [9.17, 15) is 9.59 Å². The van der Waals surface area contributed by atoms with Crippen LogP contribution >= 0.6 is 11.6 Å². The molecule has 0 atom stereocenters. The highest BCUT2D eigenvalue weighted by Gasteiger charge is 2.44. The van der Waals surface area contributed by atoms with E-state index in [-0.39, 0.29) is 11.8 Å². The Morgan fingerprint density at radius 3 is 2.32 bits per heavy atom. The maximum Gasteiger partial charge on any atom is 0.317 e. The standard InChI is InChI=1S/C14H15ClO4/c15-10-4-1-3-9(7-10)14(5-2-6-14)8-11(12(16)17)13(18)19/h1,3-4,7,11H,2,5-6,8H2,(H,16,17)(H,18,19). The molecule has 1 saturated carbocycles. The van der Waals surface area contributed by atoms with Crippen LogP contribution < -0.4 is 0 Å². The van der Waals surface area contributed by atoms with Crippen LogP contribution in [0.3, 0.4) is 0 Å². The second-order valence-corrected chi connectivity index (χ2v) is 5.51. The van der Waals surface area contributed by atoms with Gasteiger partial charge in [0.05, 0.1) is 0 Å². The van der Waals surface area contributed by atoms with E-state index < -0.39 is 17.9 Å². The van der Waals surface area contributed by atoms with Gasteiger partial charge in [-0.2, -0.15) is 0 Å². The van der Waals surface area contributed by atoms with Gasteiger partial charge < -0.3 is 10.2 Å². The third-order valence-electron chi connectivity index (χ3n) is 3.94. The van der Waals surface area contributed by atoms with E-state index in [0.29, 0.717) is 5.02 Å². The van der Waals surface area contributed by atoms with Gasteiger partial charge in [-0.3, -0.25) is 9.59 Å². The number of hydrogen-bond acceptors (Lipinski definition) is 2. The minimum atomic E-state index is -1.36. The van der Waals surface area contributed by atoms with Gasteiger partial charge in [0.25, 0.3) is 0 Å². The van der Waals surface area contributed by atoms with Gasteiger partial charge in [-0.15, -0.1) is 0 Å². The molecule has 2 rings (SSSR count). The smallest absolute Gasteiger partial charge is 0.317 e. The largest absolute Gasteiger partial charge is 0.481 e. The molecule has 0 heterocycles. The zero-order valence-electron chi connectivity index (χ0n) is 10.3. The fourth-order valence-electron chi connectivity index (χ4n) is 2.70. The van der Waals surface area contributed by atoms with Crippen LogP contribution in [0.25, 0.3) is 0 Å². The second kappa shape index (κ2) is 5.21. The third-order valence-corrected chi connectivity index (χ3v) is 4.17. The molecule has 1 aromatic carbocycles. The Morgan fingerprint density at radius 1 is 1.26 bits per heavy atom. The predicted molar refractivity (Wildman–Crippen MR) is 70.4 cm³/mol. The highest BCUT2D eigenvalue weighted by atomic mass is 35.5. The maximum absolute atomic E-state index is 11.1. The number of carboxylic acid groups (broad SMARTS) is 2. The fourth-order valence-corrected chi connectivity index (χ4v) is 2.89. The lowest BCUT2D eigenvalue weighted by molar-refractivity contribution is -0.156. The molecule has 2 N–H and O–H groups in total. The summed E-state index contributed by atoms with van der Waals surface area (Å²) in [7, 11) is 0.